The summed E-state index contributed by atoms with van der Waals surface area (Å²) in [6.07, 6.45) is 2.82. The summed E-state index contributed by atoms with van der Waals surface area (Å²) in [5, 5.41) is 15.9. The van der Waals surface area contributed by atoms with Crippen molar-refractivity contribution < 1.29 is 29.1 Å². The van der Waals surface area contributed by atoms with Crippen molar-refractivity contribution in [1.82, 2.24) is 25.9 Å². The number of H-pyrrole nitrogens is 1. The zero-order valence-electron chi connectivity index (χ0n) is 15.8. The number of hydrogen-bond acceptors (Lipinski definition) is 7. The SMILES string of the molecule is CC(NC(=O)C(Cc1cnc[nH]1)NC(=O)CNC(=O)C(N)CCC(N)=O)C(=O)O. The van der Waals surface area contributed by atoms with Crippen LogP contribution in [0.2, 0.25) is 0 Å². The highest BCUT2D eigenvalue weighted by atomic mass is 16.4. The highest BCUT2D eigenvalue weighted by Crippen LogP contribution is 2.00. The molecule has 3 atom stereocenters. The summed E-state index contributed by atoms with van der Waals surface area (Å²) in [6.45, 7) is 0.813. The summed E-state index contributed by atoms with van der Waals surface area (Å²) in [5.41, 5.74) is 11.1. The Morgan fingerprint density at radius 2 is 1.90 bits per heavy atom. The van der Waals surface area contributed by atoms with Crippen molar-refractivity contribution in [3.63, 3.8) is 0 Å². The molecule has 3 unspecified atom stereocenters. The number of carbonyl (C=O) groups is 5. The number of aromatic amines is 1. The molecule has 29 heavy (non-hydrogen) atoms. The zero-order valence-corrected chi connectivity index (χ0v) is 15.8. The molecule has 0 aromatic carbocycles. The summed E-state index contributed by atoms with van der Waals surface area (Å²) < 4.78 is 0. The van der Waals surface area contributed by atoms with Crippen molar-refractivity contribution in [2.45, 2.75) is 44.3 Å². The van der Waals surface area contributed by atoms with E-state index in [0.717, 1.165) is 0 Å². The Bertz CT molecular complexity index is 736. The van der Waals surface area contributed by atoms with E-state index in [1.165, 1.54) is 19.4 Å². The first-order valence-corrected chi connectivity index (χ1v) is 8.71. The molecule has 9 N–H and O–H groups in total. The lowest BCUT2D eigenvalue weighted by Gasteiger charge is -2.20. The molecule has 160 valence electrons. The Morgan fingerprint density at radius 3 is 2.45 bits per heavy atom. The lowest BCUT2D eigenvalue weighted by atomic mass is 10.1. The number of primary amides is 1. The number of imidazole rings is 1. The molecule has 1 heterocycles. The van der Waals surface area contributed by atoms with Gasteiger partial charge in [0.25, 0.3) is 0 Å². The van der Waals surface area contributed by atoms with Crippen LogP contribution >= 0.6 is 0 Å². The lowest BCUT2D eigenvalue weighted by molar-refractivity contribution is -0.141. The number of hydrogen-bond donors (Lipinski definition) is 7. The molecular formula is C16H25N7O6. The molecular weight excluding hydrogens is 386 g/mol. The first kappa shape index (κ1) is 23.6. The maximum absolute atomic E-state index is 12.3. The van der Waals surface area contributed by atoms with Gasteiger partial charge in [-0.1, -0.05) is 0 Å². The van der Waals surface area contributed by atoms with Crippen molar-refractivity contribution in [3.8, 4) is 0 Å². The van der Waals surface area contributed by atoms with Gasteiger partial charge in [0.15, 0.2) is 0 Å². The number of rotatable bonds is 12. The fourth-order valence-electron chi connectivity index (χ4n) is 2.17. The van der Waals surface area contributed by atoms with E-state index in [1.807, 2.05) is 0 Å². The molecule has 1 aromatic rings. The molecule has 0 aliphatic heterocycles. The molecule has 0 spiro atoms. The molecule has 1 aromatic heterocycles. The lowest BCUT2D eigenvalue weighted by Crippen LogP contribution is -2.54. The second kappa shape index (κ2) is 11.4. The van der Waals surface area contributed by atoms with E-state index < -0.39 is 54.3 Å². The van der Waals surface area contributed by atoms with Gasteiger partial charge in [-0.3, -0.25) is 24.0 Å². The van der Waals surface area contributed by atoms with Crippen molar-refractivity contribution in [2.24, 2.45) is 11.5 Å². The van der Waals surface area contributed by atoms with Gasteiger partial charge < -0.3 is 37.5 Å². The van der Waals surface area contributed by atoms with Gasteiger partial charge in [0, 0.05) is 24.7 Å². The van der Waals surface area contributed by atoms with Crippen molar-refractivity contribution >= 4 is 29.6 Å². The molecule has 0 radical (unpaired) electrons. The monoisotopic (exact) mass is 411 g/mol. The smallest absolute Gasteiger partial charge is 0.325 e. The third kappa shape index (κ3) is 8.83. The zero-order chi connectivity index (χ0) is 22.0. The first-order valence-electron chi connectivity index (χ1n) is 8.71. The summed E-state index contributed by atoms with van der Waals surface area (Å²) >= 11 is 0. The maximum Gasteiger partial charge on any atom is 0.325 e. The quantitative estimate of drug-likeness (QED) is 0.184. The predicted molar refractivity (Wildman–Crippen MR) is 98.9 cm³/mol. The topological polar surface area (TPSA) is 222 Å². The van der Waals surface area contributed by atoms with Gasteiger partial charge in [-0.2, -0.15) is 0 Å². The Hall–Kier alpha value is -3.48. The molecule has 0 bridgehead atoms. The normalized spacial score (nSPS) is 13.6. The molecule has 1 rings (SSSR count). The van der Waals surface area contributed by atoms with Crippen LogP contribution in [-0.4, -0.2) is 69.3 Å². The third-order valence-electron chi connectivity index (χ3n) is 3.82. The number of aromatic nitrogens is 2. The average Bonchev–Trinajstić information content (AvgIpc) is 3.16. The molecule has 13 nitrogen and oxygen atoms in total. The number of nitrogens with zero attached hydrogens (tertiary/aromatic N) is 1. The molecule has 0 saturated heterocycles. The van der Waals surface area contributed by atoms with E-state index in [1.54, 1.807) is 0 Å². The van der Waals surface area contributed by atoms with E-state index in [-0.39, 0.29) is 19.3 Å². The van der Waals surface area contributed by atoms with E-state index in [2.05, 4.69) is 25.9 Å². The highest BCUT2D eigenvalue weighted by molar-refractivity contribution is 5.92. The number of carbonyl (C=O) groups excluding carboxylic acids is 4. The minimum Gasteiger partial charge on any atom is -0.480 e. The van der Waals surface area contributed by atoms with Crippen LogP contribution in [0, 0.1) is 0 Å². The Balaban J connectivity index is 2.63. The second-order valence-electron chi connectivity index (χ2n) is 6.30. The van der Waals surface area contributed by atoms with E-state index in [0.29, 0.717) is 5.69 Å². The fraction of sp³-hybridized carbons (Fsp3) is 0.500. The number of aliphatic carboxylic acids is 1. The van der Waals surface area contributed by atoms with Crippen LogP contribution in [0.3, 0.4) is 0 Å². The Kier molecular flexibility index (Phi) is 9.25. The minimum absolute atomic E-state index is 0.0238. The van der Waals surface area contributed by atoms with Crippen molar-refractivity contribution in [3.05, 3.63) is 18.2 Å². The average molecular weight is 411 g/mol. The predicted octanol–water partition coefficient (Wildman–Crippen LogP) is -3.26. The molecule has 0 aliphatic rings. The standard InChI is InChI=1S/C16H25N7O6/c1-8(16(28)29)22-15(27)11(4-9-5-19-7-21-9)23-13(25)6-20-14(26)10(17)2-3-12(18)24/h5,7-8,10-11H,2-4,6,17H2,1H3,(H2,18,24)(H,19,21)(H,20,26)(H,22,27)(H,23,25)(H,28,29). The van der Waals surface area contributed by atoms with E-state index in [9.17, 15) is 24.0 Å². The van der Waals surface area contributed by atoms with E-state index >= 15 is 0 Å². The van der Waals surface area contributed by atoms with Gasteiger partial charge in [0.2, 0.25) is 23.6 Å². The molecule has 0 fully saturated rings. The molecule has 4 amide bonds. The number of nitrogens with one attached hydrogen (secondary N) is 4. The highest BCUT2D eigenvalue weighted by Gasteiger charge is 2.25. The van der Waals surface area contributed by atoms with Gasteiger partial charge in [-0.15, -0.1) is 0 Å². The van der Waals surface area contributed by atoms with Gasteiger partial charge in [0.1, 0.15) is 12.1 Å². The molecule has 0 saturated carbocycles. The molecule has 0 aliphatic carbocycles. The number of carboxylic acid groups (broad SMARTS) is 1. The summed E-state index contributed by atoms with van der Waals surface area (Å²) in [6, 6.07) is -3.28. The van der Waals surface area contributed by atoms with Crippen LogP contribution in [0.15, 0.2) is 12.5 Å². The summed E-state index contributed by atoms with van der Waals surface area (Å²) in [4.78, 5) is 64.5. The van der Waals surface area contributed by atoms with Crippen LogP contribution in [0.1, 0.15) is 25.5 Å². The van der Waals surface area contributed by atoms with Gasteiger partial charge >= 0.3 is 5.97 Å². The second-order valence-corrected chi connectivity index (χ2v) is 6.30. The first-order chi connectivity index (χ1) is 13.6. The molecule has 13 heteroatoms. The van der Waals surface area contributed by atoms with E-state index in [4.69, 9.17) is 16.6 Å². The van der Waals surface area contributed by atoms with Crippen molar-refractivity contribution in [2.75, 3.05) is 6.54 Å². The Morgan fingerprint density at radius 1 is 1.21 bits per heavy atom. The summed E-state index contributed by atoms with van der Waals surface area (Å²) in [5.74, 6) is -3.90. The largest absolute Gasteiger partial charge is 0.480 e. The maximum atomic E-state index is 12.3. The third-order valence-corrected chi connectivity index (χ3v) is 3.82. The van der Waals surface area contributed by atoms with Crippen LogP contribution < -0.4 is 27.4 Å². The number of carboxylic acids is 1. The van der Waals surface area contributed by atoms with Crippen LogP contribution in [-0.2, 0) is 30.4 Å². The number of nitrogens with two attached hydrogens (primary N) is 2. The minimum atomic E-state index is -1.23. The van der Waals surface area contributed by atoms with Gasteiger partial charge in [0.05, 0.1) is 18.9 Å². The van der Waals surface area contributed by atoms with Gasteiger partial charge in [-0.25, -0.2) is 4.98 Å². The van der Waals surface area contributed by atoms with Crippen LogP contribution in [0.5, 0.6) is 0 Å². The Labute approximate surface area is 166 Å². The van der Waals surface area contributed by atoms with Gasteiger partial charge in [-0.05, 0) is 13.3 Å². The summed E-state index contributed by atoms with van der Waals surface area (Å²) in [7, 11) is 0. The van der Waals surface area contributed by atoms with Crippen LogP contribution in [0.25, 0.3) is 0 Å². The fourth-order valence-corrected chi connectivity index (χ4v) is 2.17. The van der Waals surface area contributed by atoms with Crippen LogP contribution in [0.4, 0.5) is 0 Å². The van der Waals surface area contributed by atoms with Crippen molar-refractivity contribution in [1.29, 1.82) is 0 Å². The number of amides is 4.